The van der Waals surface area contributed by atoms with Crippen LogP contribution in [0.15, 0.2) is 0 Å². The Morgan fingerprint density at radius 3 is 2.42 bits per heavy atom. The summed E-state index contributed by atoms with van der Waals surface area (Å²) >= 11 is 0. The minimum atomic E-state index is -0.0420. The average molecular weight is 269 g/mol. The van der Waals surface area contributed by atoms with Crippen molar-refractivity contribution in [2.24, 2.45) is 0 Å². The largest absolute Gasteiger partial charge is 0.466 e. The van der Waals surface area contributed by atoms with Crippen molar-refractivity contribution in [3.8, 4) is 0 Å². The molecule has 0 amide bonds. The minimum absolute atomic E-state index is 0.0420. The highest BCUT2D eigenvalue weighted by Crippen LogP contribution is 2.21. The quantitative estimate of drug-likeness (QED) is 0.382. The second-order valence-corrected chi connectivity index (χ2v) is 5.74. The second kappa shape index (κ2) is 10.2. The van der Waals surface area contributed by atoms with Crippen LogP contribution in [0.4, 0.5) is 0 Å². The van der Waals surface area contributed by atoms with Gasteiger partial charge >= 0.3 is 5.97 Å². The van der Waals surface area contributed by atoms with Gasteiger partial charge in [0, 0.05) is 12.5 Å². The van der Waals surface area contributed by atoms with E-state index in [1.807, 2.05) is 6.92 Å². The van der Waals surface area contributed by atoms with Gasteiger partial charge in [0.1, 0.15) is 0 Å². The lowest BCUT2D eigenvalue weighted by Crippen LogP contribution is -2.32. The smallest absolute Gasteiger partial charge is 0.305 e. The van der Waals surface area contributed by atoms with E-state index >= 15 is 0 Å². The molecule has 0 radical (unpaired) electrons. The maximum atomic E-state index is 11.2. The number of ether oxygens (including phenoxy) is 1. The van der Waals surface area contributed by atoms with Gasteiger partial charge in [-0.25, -0.2) is 0 Å². The standard InChI is InChI=1S/C16H31NO2/c1-3-19-16(18)13-9-6-10-14-17(2)15-11-7-4-5-8-12-15/h15H,3-14H2,1-2H3. The van der Waals surface area contributed by atoms with Crippen LogP contribution in [0.3, 0.4) is 0 Å². The van der Waals surface area contributed by atoms with Crippen LogP contribution >= 0.6 is 0 Å². The molecule has 1 aliphatic carbocycles. The fraction of sp³-hybridized carbons (Fsp3) is 0.938. The van der Waals surface area contributed by atoms with Gasteiger partial charge in [-0.1, -0.05) is 32.1 Å². The summed E-state index contributed by atoms with van der Waals surface area (Å²) in [5.41, 5.74) is 0. The molecule has 0 N–H and O–H groups in total. The molecule has 3 heteroatoms. The first kappa shape index (κ1) is 16.5. The topological polar surface area (TPSA) is 29.5 Å². The molecule has 1 saturated carbocycles. The van der Waals surface area contributed by atoms with E-state index in [4.69, 9.17) is 4.74 Å². The molecule has 19 heavy (non-hydrogen) atoms. The van der Waals surface area contributed by atoms with Gasteiger partial charge in [0.15, 0.2) is 0 Å². The number of nitrogens with zero attached hydrogens (tertiary/aromatic N) is 1. The Hall–Kier alpha value is -0.570. The lowest BCUT2D eigenvalue weighted by atomic mass is 10.1. The molecule has 1 fully saturated rings. The summed E-state index contributed by atoms with van der Waals surface area (Å²) in [4.78, 5) is 13.7. The van der Waals surface area contributed by atoms with Crippen molar-refractivity contribution >= 4 is 5.97 Å². The lowest BCUT2D eigenvalue weighted by Gasteiger charge is -2.26. The van der Waals surface area contributed by atoms with Gasteiger partial charge in [0.25, 0.3) is 0 Å². The van der Waals surface area contributed by atoms with E-state index in [-0.39, 0.29) is 5.97 Å². The van der Waals surface area contributed by atoms with E-state index in [2.05, 4.69) is 11.9 Å². The Kier molecular flexibility index (Phi) is 8.89. The molecule has 0 atom stereocenters. The molecular formula is C16H31NO2. The first-order valence-electron chi connectivity index (χ1n) is 8.10. The van der Waals surface area contributed by atoms with Crippen LogP contribution in [0, 0.1) is 0 Å². The molecule has 0 aromatic heterocycles. The van der Waals surface area contributed by atoms with Crippen LogP contribution < -0.4 is 0 Å². The van der Waals surface area contributed by atoms with Gasteiger partial charge in [-0.3, -0.25) is 4.79 Å². The summed E-state index contributed by atoms with van der Waals surface area (Å²) in [6, 6.07) is 0.799. The van der Waals surface area contributed by atoms with Crippen molar-refractivity contribution in [2.45, 2.75) is 77.2 Å². The van der Waals surface area contributed by atoms with Crippen LogP contribution in [0.2, 0.25) is 0 Å². The van der Waals surface area contributed by atoms with E-state index in [0.29, 0.717) is 13.0 Å². The number of carbonyl (C=O) groups is 1. The zero-order valence-corrected chi connectivity index (χ0v) is 12.8. The van der Waals surface area contributed by atoms with Gasteiger partial charge in [-0.2, -0.15) is 0 Å². The first-order valence-corrected chi connectivity index (χ1v) is 8.10. The maximum Gasteiger partial charge on any atom is 0.305 e. The highest BCUT2D eigenvalue weighted by Gasteiger charge is 2.16. The van der Waals surface area contributed by atoms with Crippen molar-refractivity contribution in [2.75, 3.05) is 20.2 Å². The number of hydrogen-bond acceptors (Lipinski definition) is 3. The maximum absolute atomic E-state index is 11.2. The highest BCUT2D eigenvalue weighted by molar-refractivity contribution is 5.69. The molecule has 0 aliphatic heterocycles. The first-order chi connectivity index (χ1) is 9.24. The normalized spacial score (nSPS) is 17.4. The molecule has 0 saturated heterocycles. The van der Waals surface area contributed by atoms with E-state index in [1.165, 1.54) is 51.5 Å². The molecule has 1 aliphatic rings. The monoisotopic (exact) mass is 269 g/mol. The van der Waals surface area contributed by atoms with Gasteiger partial charge in [0.05, 0.1) is 6.61 Å². The number of hydrogen-bond donors (Lipinski definition) is 0. The fourth-order valence-corrected chi connectivity index (χ4v) is 2.92. The van der Waals surface area contributed by atoms with Crippen molar-refractivity contribution in [3.05, 3.63) is 0 Å². The van der Waals surface area contributed by atoms with Gasteiger partial charge < -0.3 is 9.64 Å². The number of unbranched alkanes of at least 4 members (excludes halogenated alkanes) is 2. The Morgan fingerprint density at radius 1 is 1.11 bits per heavy atom. The third-order valence-electron chi connectivity index (χ3n) is 4.15. The summed E-state index contributed by atoms with van der Waals surface area (Å²) in [5.74, 6) is -0.0420. The van der Waals surface area contributed by atoms with Crippen LogP contribution in [-0.4, -0.2) is 37.1 Å². The Bertz CT molecular complexity index is 235. The van der Waals surface area contributed by atoms with Crippen LogP contribution in [0.5, 0.6) is 0 Å². The molecule has 3 nitrogen and oxygen atoms in total. The zero-order chi connectivity index (χ0) is 13.9. The SMILES string of the molecule is CCOC(=O)CCCCCN(C)C1CCCCCC1. The number of rotatable bonds is 8. The molecule has 112 valence electrons. The van der Waals surface area contributed by atoms with Crippen LogP contribution in [0.25, 0.3) is 0 Å². The second-order valence-electron chi connectivity index (χ2n) is 5.74. The summed E-state index contributed by atoms with van der Waals surface area (Å²) in [7, 11) is 2.27. The average Bonchev–Trinajstić information content (AvgIpc) is 2.67. The number of carbonyl (C=O) groups excluding carboxylic acids is 1. The third kappa shape index (κ3) is 7.56. The summed E-state index contributed by atoms with van der Waals surface area (Å²) < 4.78 is 4.93. The minimum Gasteiger partial charge on any atom is -0.466 e. The summed E-state index contributed by atoms with van der Waals surface area (Å²) in [5, 5.41) is 0. The molecule has 0 aromatic rings. The van der Waals surface area contributed by atoms with Crippen molar-refractivity contribution in [3.63, 3.8) is 0 Å². The van der Waals surface area contributed by atoms with E-state index < -0.39 is 0 Å². The van der Waals surface area contributed by atoms with Gasteiger partial charge in [-0.05, 0) is 46.2 Å². The Labute approximate surface area is 118 Å². The number of esters is 1. The molecular weight excluding hydrogens is 238 g/mol. The summed E-state index contributed by atoms with van der Waals surface area (Å²) in [6.45, 7) is 3.54. The molecule has 0 heterocycles. The lowest BCUT2D eigenvalue weighted by molar-refractivity contribution is -0.143. The van der Waals surface area contributed by atoms with Crippen LogP contribution in [0.1, 0.15) is 71.1 Å². The predicted octanol–water partition coefficient (Wildman–Crippen LogP) is 3.76. The van der Waals surface area contributed by atoms with E-state index in [0.717, 1.165) is 18.9 Å². The Balaban J connectivity index is 2.03. The van der Waals surface area contributed by atoms with E-state index in [1.54, 1.807) is 0 Å². The molecule has 1 rings (SSSR count). The van der Waals surface area contributed by atoms with Gasteiger partial charge in [-0.15, -0.1) is 0 Å². The van der Waals surface area contributed by atoms with Crippen molar-refractivity contribution in [1.29, 1.82) is 0 Å². The molecule has 0 unspecified atom stereocenters. The molecule has 0 spiro atoms. The van der Waals surface area contributed by atoms with Gasteiger partial charge in [0.2, 0.25) is 0 Å². The third-order valence-corrected chi connectivity index (χ3v) is 4.15. The van der Waals surface area contributed by atoms with E-state index in [9.17, 15) is 4.79 Å². The molecule has 0 bridgehead atoms. The zero-order valence-electron chi connectivity index (χ0n) is 12.8. The van der Waals surface area contributed by atoms with Crippen LogP contribution in [-0.2, 0) is 9.53 Å². The molecule has 0 aromatic carbocycles. The highest BCUT2D eigenvalue weighted by atomic mass is 16.5. The fourth-order valence-electron chi connectivity index (χ4n) is 2.92. The summed E-state index contributed by atoms with van der Waals surface area (Å²) in [6.07, 6.45) is 12.3. The predicted molar refractivity (Wildman–Crippen MR) is 79.2 cm³/mol. The van der Waals surface area contributed by atoms with Crippen molar-refractivity contribution in [1.82, 2.24) is 4.90 Å². The van der Waals surface area contributed by atoms with Crippen molar-refractivity contribution < 1.29 is 9.53 Å². The Morgan fingerprint density at radius 2 is 1.79 bits per heavy atom.